The predicted molar refractivity (Wildman–Crippen MR) is 81.6 cm³/mol. The van der Waals surface area contributed by atoms with E-state index in [0.717, 1.165) is 12.1 Å². The molecular formula is C14H8ClN5O4. The molecule has 0 spiro atoms. The van der Waals surface area contributed by atoms with Crippen molar-refractivity contribution < 1.29 is 14.5 Å². The van der Waals surface area contributed by atoms with Gasteiger partial charge in [-0.15, -0.1) is 0 Å². The third-order valence-electron chi connectivity index (χ3n) is 2.61. The van der Waals surface area contributed by atoms with Gasteiger partial charge < -0.3 is 10.1 Å². The highest BCUT2D eigenvalue weighted by atomic mass is 35.5. The van der Waals surface area contributed by atoms with Crippen LogP contribution in [0.1, 0.15) is 17.3 Å². The Morgan fingerprint density at radius 2 is 1.96 bits per heavy atom. The van der Waals surface area contributed by atoms with Crippen LogP contribution >= 0.6 is 11.6 Å². The van der Waals surface area contributed by atoms with E-state index in [9.17, 15) is 14.9 Å². The standard InChI is InChI=1S/C14H8ClN5O4/c1-2-24-14(21)8-3-10(15)13(12(4-8)20(22)23)19-11(7-18)9(5-16)6-17/h3-4,19H,2H2,1H3. The molecule has 0 aliphatic heterocycles. The molecule has 0 bridgehead atoms. The van der Waals surface area contributed by atoms with Crippen molar-refractivity contribution >= 4 is 28.9 Å². The van der Waals surface area contributed by atoms with Crippen LogP contribution in [0.5, 0.6) is 0 Å². The van der Waals surface area contributed by atoms with E-state index in [4.69, 9.17) is 32.1 Å². The summed E-state index contributed by atoms with van der Waals surface area (Å²) in [6.07, 6.45) is 0. The largest absolute Gasteiger partial charge is 0.462 e. The Hall–Kier alpha value is -3.61. The molecule has 0 fully saturated rings. The Morgan fingerprint density at radius 1 is 1.33 bits per heavy atom. The minimum absolute atomic E-state index is 0.0687. The molecule has 1 aromatic rings. The number of rotatable bonds is 5. The molecule has 0 heterocycles. The number of hydrogen-bond donors (Lipinski definition) is 1. The first kappa shape index (κ1) is 18.4. The van der Waals surface area contributed by atoms with E-state index in [1.807, 2.05) is 0 Å². The fourth-order valence-electron chi connectivity index (χ4n) is 1.60. The topological polar surface area (TPSA) is 153 Å². The van der Waals surface area contributed by atoms with Crippen molar-refractivity contribution in [3.63, 3.8) is 0 Å². The van der Waals surface area contributed by atoms with E-state index >= 15 is 0 Å². The van der Waals surface area contributed by atoms with Crippen molar-refractivity contribution in [1.82, 2.24) is 0 Å². The summed E-state index contributed by atoms with van der Waals surface area (Å²) in [6.45, 7) is 1.64. The van der Waals surface area contributed by atoms with E-state index < -0.39 is 27.9 Å². The number of carbonyl (C=O) groups excluding carboxylic acids is 1. The second-order valence-electron chi connectivity index (χ2n) is 4.04. The number of nitro groups is 1. The van der Waals surface area contributed by atoms with Crippen molar-refractivity contribution in [1.29, 1.82) is 15.8 Å². The number of carbonyl (C=O) groups is 1. The lowest BCUT2D eigenvalue weighted by atomic mass is 10.1. The van der Waals surface area contributed by atoms with Crippen LogP contribution in [0.25, 0.3) is 0 Å². The zero-order chi connectivity index (χ0) is 18.3. The Bertz CT molecular complexity index is 842. The van der Waals surface area contributed by atoms with Gasteiger partial charge in [0, 0.05) is 6.07 Å². The first-order chi connectivity index (χ1) is 11.4. The highest BCUT2D eigenvalue weighted by molar-refractivity contribution is 6.34. The lowest BCUT2D eigenvalue weighted by Gasteiger charge is -2.10. The molecule has 0 saturated carbocycles. The molecule has 0 atom stereocenters. The SMILES string of the molecule is CCOC(=O)c1cc(Cl)c(NC(C#N)=C(C#N)C#N)c([N+](=O)[O-])c1. The number of hydrogen-bond acceptors (Lipinski definition) is 8. The molecule has 1 aromatic carbocycles. The summed E-state index contributed by atoms with van der Waals surface area (Å²) in [4.78, 5) is 22.1. The lowest BCUT2D eigenvalue weighted by Crippen LogP contribution is -2.08. The number of nitrogens with zero attached hydrogens (tertiary/aromatic N) is 4. The number of nitro benzene ring substituents is 1. The number of halogens is 1. The summed E-state index contributed by atoms with van der Waals surface area (Å²) in [5.41, 5.74) is -2.17. The summed E-state index contributed by atoms with van der Waals surface area (Å²) >= 11 is 5.94. The van der Waals surface area contributed by atoms with Gasteiger partial charge in [-0.05, 0) is 13.0 Å². The quantitative estimate of drug-likeness (QED) is 0.369. The van der Waals surface area contributed by atoms with Gasteiger partial charge in [0.05, 0.1) is 22.1 Å². The fourth-order valence-corrected chi connectivity index (χ4v) is 1.86. The second-order valence-corrected chi connectivity index (χ2v) is 4.45. The molecule has 0 radical (unpaired) electrons. The van der Waals surface area contributed by atoms with E-state index in [2.05, 4.69) is 5.32 Å². The van der Waals surface area contributed by atoms with Crippen molar-refractivity contribution in [2.75, 3.05) is 11.9 Å². The summed E-state index contributed by atoms with van der Waals surface area (Å²) in [7, 11) is 0. The minimum Gasteiger partial charge on any atom is -0.462 e. The first-order valence-corrected chi connectivity index (χ1v) is 6.64. The predicted octanol–water partition coefficient (Wildman–Crippen LogP) is 2.66. The maximum Gasteiger partial charge on any atom is 0.338 e. The van der Waals surface area contributed by atoms with Crippen molar-refractivity contribution in [2.45, 2.75) is 6.92 Å². The van der Waals surface area contributed by atoms with Crippen molar-refractivity contribution in [3.05, 3.63) is 44.1 Å². The van der Waals surface area contributed by atoms with Gasteiger partial charge in [-0.3, -0.25) is 10.1 Å². The van der Waals surface area contributed by atoms with Crippen LogP contribution in [0, 0.1) is 44.1 Å². The zero-order valence-electron chi connectivity index (χ0n) is 12.2. The Morgan fingerprint density at radius 3 is 2.42 bits per heavy atom. The third kappa shape index (κ3) is 3.98. The van der Waals surface area contributed by atoms with Crippen LogP contribution in [-0.4, -0.2) is 17.5 Å². The minimum atomic E-state index is -0.829. The molecule has 0 aromatic heterocycles. The van der Waals surface area contributed by atoms with Crippen LogP contribution in [0.3, 0.4) is 0 Å². The molecule has 0 aliphatic rings. The molecule has 10 heteroatoms. The molecule has 9 nitrogen and oxygen atoms in total. The summed E-state index contributed by atoms with van der Waals surface area (Å²) in [5.74, 6) is -0.806. The molecule has 0 saturated heterocycles. The number of ether oxygens (including phenoxy) is 1. The van der Waals surface area contributed by atoms with E-state index in [0.29, 0.717) is 0 Å². The average molecular weight is 346 g/mol. The summed E-state index contributed by atoms with van der Waals surface area (Å²) in [6, 6.07) is 6.55. The van der Waals surface area contributed by atoms with Crippen molar-refractivity contribution in [3.8, 4) is 18.2 Å². The molecule has 1 N–H and O–H groups in total. The zero-order valence-corrected chi connectivity index (χ0v) is 12.9. The van der Waals surface area contributed by atoms with Crippen LogP contribution in [0.2, 0.25) is 5.02 Å². The average Bonchev–Trinajstić information content (AvgIpc) is 2.55. The van der Waals surface area contributed by atoms with Gasteiger partial charge in [-0.25, -0.2) is 4.79 Å². The number of benzene rings is 1. The molecule has 0 unspecified atom stereocenters. The van der Waals surface area contributed by atoms with Gasteiger partial charge in [-0.2, -0.15) is 15.8 Å². The summed E-state index contributed by atoms with van der Waals surface area (Å²) in [5, 5.41) is 39.8. The summed E-state index contributed by atoms with van der Waals surface area (Å²) < 4.78 is 4.74. The van der Waals surface area contributed by atoms with Gasteiger partial charge in [0.2, 0.25) is 0 Å². The fraction of sp³-hybridized carbons (Fsp3) is 0.143. The normalized spacial score (nSPS) is 8.96. The number of nitriles is 3. The Labute approximate surface area is 141 Å². The lowest BCUT2D eigenvalue weighted by molar-refractivity contribution is -0.383. The van der Waals surface area contributed by atoms with Crippen LogP contribution in [0.15, 0.2) is 23.4 Å². The molecular weight excluding hydrogens is 338 g/mol. The third-order valence-corrected chi connectivity index (χ3v) is 2.91. The Balaban J connectivity index is 3.51. The molecule has 0 aliphatic carbocycles. The van der Waals surface area contributed by atoms with E-state index in [-0.39, 0.29) is 22.9 Å². The van der Waals surface area contributed by atoms with Crippen LogP contribution in [-0.2, 0) is 4.74 Å². The van der Waals surface area contributed by atoms with Gasteiger partial charge in [-0.1, -0.05) is 11.6 Å². The maximum absolute atomic E-state index is 11.7. The van der Waals surface area contributed by atoms with Crippen molar-refractivity contribution in [2.24, 2.45) is 0 Å². The smallest absolute Gasteiger partial charge is 0.338 e. The molecule has 120 valence electrons. The van der Waals surface area contributed by atoms with Gasteiger partial charge in [0.25, 0.3) is 5.69 Å². The first-order valence-electron chi connectivity index (χ1n) is 6.26. The molecule has 0 amide bonds. The number of esters is 1. The Kier molecular flexibility index (Phi) is 6.25. The van der Waals surface area contributed by atoms with E-state index in [1.54, 1.807) is 13.0 Å². The monoisotopic (exact) mass is 345 g/mol. The number of anilines is 1. The highest BCUT2D eigenvalue weighted by Crippen LogP contribution is 2.35. The van der Waals surface area contributed by atoms with E-state index in [1.165, 1.54) is 12.1 Å². The number of nitrogens with one attached hydrogen (secondary N) is 1. The van der Waals surface area contributed by atoms with Gasteiger partial charge in [0.15, 0.2) is 5.57 Å². The number of allylic oxidation sites excluding steroid dienone is 2. The highest BCUT2D eigenvalue weighted by Gasteiger charge is 2.23. The van der Waals surface area contributed by atoms with Crippen LogP contribution in [0.4, 0.5) is 11.4 Å². The molecule has 1 rings (SSSR count). The maximum atomic E-state index is 11.7. The van der Waals surface area contributed by atoms with Crippen LogP contribution < -0.4 is 5.32 Å². The van der Waals surface area contributed by atoms with Gasteiger partial charge in [0.1, 0.15) is 29.6 Å². The second kappa shape index (κ2) is 8.14. The molecule has 24 heavy (non-hydrogen) atoms. The van der Waals surface area contributed by atoms with Gasteiger partial charge >= 0.3 is 5.97 Å².